The van der Waals surface area contributed by atoms with Gasteiger partial charge in [0.05, 0.1) is 27.3 Å². The number of hydrogen-bond donors (Lipinski definition) is 1. The Bertz CT molecular complexity index is 710. The number of aryl methyl sites for hydroxylation is 2. The van der Waals surface area contributed by atoms with Gasteiger partial charge in [-0.1, -0.05) is 0 Å². The van der Waals surface area contributed by atoms with Gasteiger partial charge in [-0.3, -0.25) is 24.9 Å². The minimum atomic E-state index is -0.657. The molecule has 0 unspecified atom stereocenters. The Morgan fingerprint density at radius 3 is 2.52 bits per heavy atom. The third kappa shape index (κ3) is 3.14. The van der Waals surface area contributed by atoms with E-state index in [9.17, 15) is 20.2 Å². The number of benzene rings is 1. The van der Waals surface area contributed by atoms with Crippen LogP contribution in [0.1, 0.15) is 11.3 Å². The molecule has 9 heteroatoms. The Kier molecular flexibility index (Phi) is 3.83. The lowest BCUT2D eigenvalue weighted by molar-refractivity contribution is -0.394. The molecule has 21 heavy (non-hydrogen) atoms. The molecule has 2 rings (SSSR count). The molecular formula is C12H13N5O4. The van der Waals surface area contributed by atoms with Crippen LogP contribution in [0.25, 0.3) is 0 Å². The van der Waals surface area contributed by atoms with E-state index in [4.69, 9.17) is 0 Å². The SMILES string of the molecule is Cc1nn(C)cc1NCc1ccc([N+](=O)[O-])cc1[N+](=O)[O-]. The first-order chi connectivity index (χ1) is 9.88. The van der Waals surface area contributed by atoms with E-state index in [2.05, 4.69) is 10.4 Å². The van der Waals surface area contributed by atoms with Crippen LogP contribution in [0.3, 0.4) is 0 Å². The van der Waals surface area contributed by atoms with Crippen molar-refractivity contribution >= 4 is 17.1 Å². The maximum Gasteiger partial charge on any atom is 0.281 e. The molecule has 0 radical (unpaired) electrons. The zero-order valence-electron chi connectivity index (χ0n) is 11.4. The molecule has 0 aliphatic carbocycles. The van der Waals surface area contributed by atoms with Gasteiger partial charge in [0.25, 0.3) is 11.4 Å². The summed E-state index contributed by atoms with van der Waals surface area (Å²) < 4.78 is 1.63. The lowest BCUT2D eigenvalue weighted by atomic mass is 10.1. The lowest BCUT2D eigenvalue weighted by Gasteiger charge is -2.05. The van der Waals surface area contributed by atoms with Crippen LogP contribution in [0.2, 0.25) is 0 Å². The summed E-state index contributed by atoms with van der Waals surface area (Å²) in [7, 11) is 1.77. The van der Waals surface area contributed by atoms with E-state index in [0.717, 1.165) is 17.4 Å². The highest BCUT2D eigenvalue weighted by Crippen LogP contribution is 2.25. The molecule has 2 aromatic rings. The molecule has 0 amide bonds. The number of anilines is 1. The number of nitrogens with zero attached hydrogens (tertiary/aromatic N) is 4. The van der Waals surface area contributed by atoms with E-state index >= 15 is 0 Å². The Morgan fingerprint density at radius 1 is 1.29 bits per heavy atom. The van der Waals surface area contributed by atoms with Gasteiger partial charge in [-0.25, -0.2) is 0 Å². The van der Waals surface area contributed by atoms with E-state index < -0.39 is 9.85 Å². The number of nitrogens with one attached hydrogen (secondary N) is 1. The average molecular weight is 291 g/mol. The van der Waals surface area contributed by atoms with Gasteiger partial charge in [-0.05, 0) is 13.0 Å². The van der Waals surface area contributed by atoms with Crippen LogP contribution in [0, 0.1) is 27.2 Å². The molecule has 0 aliphatic heterocycles. The molecule has 0 aliphatic rings. The molecule has 1 heterocycles. The highest BCUT2D eigenvalue weighted by atomic mass is 16.6. The van der Waals surface area contributed by atoms with Gasteiger partial charge in [0.2, 0.25) is 0 Å². The van der Waals surface area contributed by atoms with Crippen LogP contribution in [0.15, 0.2) is 24.4 Å². The summed E-state index contributed by atoms with van der Waals surface area (Å²) in [6.45, 7) is 1.99. The number of non-ortho nitro benzene ring substituents is 1. The molecule has 0 saturated heterocycles. The van der Waals surface area contributed by atoms with E-state index in [0.29, 0.717) is 5.56 Å². The Morgan fingerprint density at radius 2 is 2.00 bits per heavy atom. The van der Waals surface area contributed by atoms with Gasteiger partial charge < -0.3 is 5.32 Å². The lowest BCUT2D eigenvalue weighted by Crippen LogP contribution is -2.04. The number of nitro groups is 2. The van der Waals surface area contributed by atoms with Gasteiger partial charge >= 0.3 is 0 Å². The van der Waals surface area contributed by atoms with Gasteiger partial charge in [0.1, 0.15) is 0 Å². The van der Waals surface area contributed by atoms with Crippen molar-refractivity contribution in [3.63, 3.8) is 0 Å². The first-order valence-corrected chi connectivity index (χ1v) is 6.04. The van der Waals surface area contributed by atoms with Gasteiger partial charge in [0, 0.05) is 31.4 Å². The monoisotopic (exact) mass is 291 g/mol. The first kappa shape index (κ1) is 14.4. The summed E-state index contributed by atoms with van der Waals surface area (Å²) in [5, 5.41) is 28.9. The van der Waals surface area contributed by atoms with Crippen LogP contribution >= 0.6 is 0 Å². The minimum absolute atomic E-state index is 0.181. The van der Waals surface area contributed by atoms with Crippen LogP contribution in [0.5, 0.6) is 0 Å². The molecule has 9 nitrogen and oxygen atoms in total. The summed E-state index contributed by atoms with van der Waals surface area (Å²) in [5.41, 5.74) is 1.31. The van der Waals surface area contributed by atoms with Crippen molar-refractivity contribution in [3.05, 3.63) is 55.9 Å². The third-order valence-corrected chi connectivity index (χ3v) is 2.96. The van der Waals surface area contributed by atoms with Crippen molar-refractivity contribution in [3.8, 4) is 0 Å². The fourth-order valence-corrected chi connectivity index (χ4v) is 1.95. The number of rotatable bonds is 5. The normalized spacial score (nSPS) is 10.4. The molecule has 0 fully saturated rings. The fourth-order valence-electron chi connectivity index (χ4n) is 1.95. The van der Waals surface area contributed by atoms with Crippen LogP contribution in [-0.4, -0.2) is 19.6 Å². The predicted molar refractivity (Wildman–Crippen MR) is 75.0 cm³/mol. The smallest absolute Gasteiger partial charge is 0.281 e. The Hall–Kier alpha value is -2.97. The zero-order valence-corrected chi connectivity index (χ0v) is 11.4. The van der Waals surface area contributed by atoms with E-state index in [1.165, 1.54) is 12.1 Å². The summed E-state index contributed by atoms with van der Waals surface area (Å²) in [4.78, 5) is 20.4. The minimum Gasteiger partial charge on any atom is -0.378 e. The topological polar surface area (TPSA) is 116 Å². The second kappa shape index (κ2) is 5.57. The summed E-state index contributed by atoms with van der Waals surface area (Å²) in [6, 6.07) is 3.60. The quantitative estimate of drug-likeness (QED) is 0.666. The average Bonchev–Trinajstić information content (AvgIpc) is 2.74. The third-order valence-electron chi connectivity index (χ3n) is 2.96. The van der Waals surface area contributed by atoms with Gasteiger partial charge in [-0.2, -0.15) is 5.10 Å². The number of hydrogen-bond acceptors (Lipinski definition) is 6. The molecule has 1 N–H and O–H groups in total. The predicted octanol–water partition coefficient (Wildman–Crippen LogP) is 2.16. The van der Waals surface area contributed by atoms with Gasteiger partial charge in [-0.15, -0.1) is 0 Å². The maximum absolute atomic E-state index is 11.0. The Balaban J connectivity index is 2.25. The summed E-state index contributed by atoms with van der Waals surface area (Å²) in [6.07, 6.45) is 1.76. The van der Waals surface area contributed by atoms with Crippen molar-refractivity contribution in [2.45, 2.75) is 13.5 Å². The summed E-state index contributed by atoms with van der Waals surface area (Å²) >= 11 is 0. The van der Waals surface area contributed by atoms with E-state index in [1.54, 1.807) is 17.9 Å². The van der Waals surface area contributed by atoms with Crippen LogP contribution < -0.4 is 5.32 Å². The molecule has 0 atom stereocenters. The van der Waals surface area contributed by atoms with Crippen molar-refractivity contribution < 1.29 is 9.85 Å². The molecular weight excluding hydrogens is 278 g/mol. The van der Waals surface area contributed by atoms with Crippen LogP contribution in [-0.2, 0) is 13.6 Å². The number of aromatic nitrogens is 2. The molecule has 0 spiro atoms. The largest absolute Gasteiger partial charge is 0.378 e. The molecule has 110 valence electrons. The first-order valence-electron chi connectivity index (χ1n) is 6.04. The Labute approximate surface area is 119 Å². The highest BCUT2D eigenvalue weighted by Gasteiger charge is 2.19. The number of nitro benzene ring substituents is 2. The van der Waals surface area contributed by atoms with Crippen molar-refractivity contribution in [2.75, 3.05) is 5.32 Å². The van der Waals surface area contributed by atoms with Crippen LogP contribution in [0.4, 0.5) is 17.1 Å². The molecule has 0 saturated carbocycles. The molecule has 1 aromatic heterocycles. The van der Waals surface area contributed by atoms with Crippen molar-refractivity contribution in [1.82, 2.24) is 9.78 Å². The molecule has 0 bridgehead atoms. The van der Waals surface area contributed by atoms with E-state index in [1.807, 2.05) is 6.92 Å². The molecule has 1 aromatic carbocycles. The maximum atomic E-state index is 11.0. The zero-order chi connectivity index (χ0) is 15.6. The van der Waals surface area contributed by atoms with Crippen molar-refractivity contribution in [1.29, 1.82) is 0 Å². The highest BCUT2D eigenvalue weighted by molar-refractivity contribution is 5.52. The van der Waals surface area contributed by atoms with Gasteiger partial charge in [0.15, 0.2) is 0 Å². The van der Waals surface area contributed by atoms with E-state index in [-0.39, 0.29) is 17.9 Å². The second-order valence-corrected chi connectivity index (χ2v) is 4.48. The second-order valence-electron chi connectivity index (χ2n) is 4.48. The van der Waals surface area contributed by atoms with Crippen molar-refractivity contribution in [2.24, 2.45) is 7.05 Å². The summed E-state index contributed by atoms with van der Waals surface area (Å²) in [5.74, 6) is 0. The fraction of sp³-hybridized carbons (Fsp3) is 0.250. The standard InChI is InChI=1S/C12H13N5O4/c1-8-11(7-15(2)14-8)13-6-9-3-4-10(16(18)19)5-12(9)17(20)21/h3-5,7,13H,6H2,1-2H3.